The van der Waals surface area contributed by atoms with E-state index in [0.717, 1.165) is 34.8 Å². The molecule has 2 N–H and O–H groups in total. The van der Waals surface area contributed by atoms with Crippen molar-refractivity contribution >= 4 is 23.2 Å². The number of nitrogens with zero attached hydrogens (tertiary/aromatic N) is 1. The molecule has 1 aromatic heterocycles. The Morgan fingerprint density at radius 2 is 1.85 bits per heavy atom. The lowest BCUT2D eigenvalue weighted by molar-refractivity contribution is 0.0946. The molecule has 5 heteroatoms. The average molecular weight is 380 g/mol. The maximum atomic E-state index is 12.4. The maximum Gasteiger partial charge on any atom is 0.270 e. The Morgan fingerprint density at radius 1 is 1.07 bits per heavy atom. The highest BCUT2D eigenvalue weighted by molar-refractivity contribution is 6.30. The zero-order valence-corrected chi connectivity index (χ0v) is 16.0. The van der Waals surface area contributed by atoms with Gasteiger partial charge >= 0.3 is 0 Å². The van der Waals surface area contributed by atoms with E-state index in [0.29, 0.717) is 12.2 Å². The molecule has 0 fully saturated rings. The summed E-state index contributed by atoms with van der Waals surface area (Å²) in [6.45, 7) is 3.28. The van der Waals surface area contributed by atoms with E-state index in [1.165, 1.54) is 5.56 Å². The monoisotopic (exact) mass is 379 g/mol. The second kappa shape index (κ2) is 9.19. The van der Waals surface area contributed by atoms with Crippen molar-refractivity contribution in [3.63, 3.8) is 0 Å². The molecule has 138 valence electrons. The number of carbonyl (C=O) groups is 1. The van der Waals surface area contributed by atoms with Gasteiger partial charge in [-0.25, -0.2) is 0 Å². The predicted octanol–water partition coefficient (Wildman–Crippen LogP) is 4.63. The fourth-order valence-electron chi connectivity index (χ4n) is 2.74. The van der Waals surface area contributed by atoms with Crippen molar-refractivity contribution in [3.05, 3.63) is 94.3 Å². The van der Waals surface area contributed by atoms with Gasteiger partial charge in [0.2, 0.25) is 0 Å². The van der Waals surface area contributed by atoms with E-state index in [-0.39, 0.29) is 5.91 Å². The third kappa shape index (κ3) is 5.56. The Bertz CT molecular complexity index is 909. The van der Waals surface area contributed by atoms with Crippen molar-refractivity contribution in [2.75, 3.05) is 11.9 Å². The molecule has 0 saturated heterocycles. The molecular weight excluding hydrogens is 358 g/mol. The molecule has 1 amide bonds. The van der Waals surface area contributed by atoms with Crippen LogP contribution in [0.3, 0.4) is 0 Å². The lowest BCUT2D eigenvalue weighted by Gasteiger charge is -2.10. The SMILES string of the molecule is Cc1ccccc1CNC(=O)c1cc(NCCc2ccc(Cl)cc2)ccn1. The molecule has 0 radical (unpaired) electrons. The highest BCUT2D eigenvalue weighted by Gasteiger charge is 2.08. The molecule has 0 bridgehead atoms. The molecule has 0 aliphatic carbocycles. The molecule has 0 aliphatic rings. The Hall–Kier alpha value is -2.85. The smallest absolute Gasteiger partial charge is 0.270 e. The van der Waals surface area contributed by atoms with Crippen LogP contribution in [0.2, 0.25) is 5.02 Å². The van der Waals surface area contributed by atoms with E-state index in [2.05, 4.69) is 15.6 Å². The number of anilines is 1. The number of hydrogen-bond acceptors (Lipinski definition) is 3. The Kier molecular flexibility index (Phi) is 6.44. The quantitative estimate of drug-likeness (QED) is 0.629. The summed E-state index contributed by atoms with van der Waals surface area (Å²) < 4.78 is 0. The van der Waals surface area contributed by atoms with E-state index in [9.17, 15) is 4.79 Å². The molecule has 0 aliphatic heterocycles. The van der Waals surface area contributed by atoms with Gasteiger partial charge in [0.25, 0.3) is 5.91 Å². The molecule has 3 aromatic rings. The number of pyridine rings is 1. The summed E-state index contributed by atoms with van der Waals surface area (Å²) >= 11 is 5.90. The number of amides is 1. The zero-order chi connectivity index (χ0) is 19.1. The molecule has 0 atom stereocenters. The Balaban J connectivity index is 1.53. The van der Waals surface area contributed by atoms with Crippen molar-refractivity contribution in [1.82, 2.24) is 10.3 Å². The summed E-state index contributed by atoms with van der Waals surface area (Å²) in [4.78, 5) is 16.6. The first-order valence-corrected chi connectivity index (χ1v) is 9.27. The van der Waals surface area contributed by atoms with E-state index >= 15 is 0 Å². The van der Waals surface area contributed by atoms with Crippen LogP contribution in [0.1, 0.15) is 27.2 Å². The van der Waals surface area contributed by atoms with Crippen molar-refractivity contribution in [3.8, 4) is 0 Å². The van der Waals surface area contributed by atoms with Crippen LogP contribution >= 0.6 is 11.6 Å². The molecule has 0 spiro atoms. The van der Waals surface area contributed by atoms with E-state index < -0.39 is 0 Å². The normalized spacial score (nSPS) is 10.4. The van der Waals surface area contributed by atoms with Gasteiger partial charge in [-0.3, -0.25) is 9.78 Å². The van der Waals surface area contributed by atoms with E-state index in [4.69, 9.17) is 11.6 Å². The van der Waals surface area contributed by atoms with Gasteiger partial charge in [0, 0.05) is 30.0 Å². The average Bonchev–Trinajstić information content (AvgIpc) is 2.69. The summed E-state index contributed by atoms with van der Waals surface area (Å²) in [5.41, 5.74) is 4.74. The van der Waals surface area contributed by atoms with E-state index in [1.807, 2.05) is 61.5 Å². The highest BCUT2D eigenvalue weighted by Crippen LogP contribution is 2.12. The fourth-order valence-corrected chi connectivity index (χ4v) is 2.87. The molecule has 1 heterocycles. The third-order valence-electron chi connectivity index (χ3n) is 4.35. The standard InChI is InChI=1S/C22H22ClN3O/c1-16-4-2-3-5-18(16)15-26-22(27)21-14-20(11-13-25-21)24-12-10-17-6-8-19(23)9-7-17/h2-9,11,13-14H,10,12,15H2,1H3,(H,24,25)(H,26,27). The van der Waals surface area contributed by atoms with Gasteiger partial charge in [-0.05, 0) is 54.3 Å². The van der Waals surface area contributed by atoms with Gasteiger partial charge in [0.15, 0.2) is 0 Å². The van der Waals surface area contributed by atoms with Gasteiger partial charge in [0.05, 0.1) is 0 Å². The van der Waals surface area contributed by atoms with Crippen LogP contribution in [0.25, 0.3) is 0 Å². The second-order valence-electron chi connectivity index (χ2n) is 6.34. The molecule has 4 nitrogen and oxygen atoms in total. The van der Waals surface area contributed by atoms with Gasteiger partial charge in [-0.2, -0.15) is 0 Å². The van der Waals surface area contributed by atoms with Crippen LogP contribution in [0, 0.1) is 6.92 Å². The maximum absolute atomic E-state index is 12.4. The lowest BCUT2D eigenvalue weighted by Crippen LogP contribution is -2.24. The van der Waals surface area contributed by atoms with Gasteiger partial charge in [-0.15, -0.1) is 0 Å². The number of hydrogen-bond donors (Lipinski definition) is 2. The number of rotatable bonds is 7. The van der Waals surface area contributed by atoms with Crippen molar-refractivity contribution in [2.45, 2.75) is 19.9 Å². The summed E-state index contributed by atoms with van der Waals surface area (Å²) in [6.07, 6.45) is 2.52. The highest BCUT2D eigenvalue weighted by atomic mass is 35.5. The van der Waals surface area contributed by atoms with Crippen LogP contribution in [0.4, 0.5) is 5.69 Å². The number of aromatic nitrogens is 1. The van der Waals surface area contributed by atoms with Gasteiger partial charge in [-0.1, -0.05) is 48.0 Å². The molecule has 3 rings (SSSR count). The zero-order valence-electron chi connectivity index (χ0n) is 15.2. The fraction of sp³-hybridized carbons (Fsp3) is 0.182. The largest absolute Gasteiger partial charge is 0.385 e. The first-order valence-electron chi connectivity index (χ1n) is 8.89. The van der Waals surface area contributed by atoms with Crippen LogP contribution in [0.5, 0.6) is 0 Å². The molecule has 2 aromatic carbocycles. The second-order valence-corrected chi connectivity index (χ2v) is 6.78. The number of benzene rings is 2. The first kappa shape index (κ1) is 18.9. The van der Waals surface area contributed by atoms with Crippen LogP contribution < -0.4 is 10.6 Å². The predicted molar refractivity (Wildman–Crippen MR) is 110 cm³/mol. The summed E-state index contributed by atoms with van der Waals surface area (Å²) in [5.74, 6) is -0.181. The number of aryl methyl sites for hydroxylation is 1. The Labute approximate surface area is 164 Å². The summed E-state index contributed by atoms with van der Waals surface area (Å²) in [6, 6.07) is 19.4. The van der Waals surface area contributed by atoms with Crippen LogP contribution in [-0.2, 0) is 13.0 Å². The summed E-state index contributed by atoms with van der Waals surface area (Å²) in [7, 11) is 0. The van der Waals surface area contributed by atoms with Gasteiger partial charge < -0.3 is 10.6 Å². The minimum Gasteiger partial charge on any atom is -0.385 e. The topological polar surface area (TPSA) is 54.0 Å². The van der Waals surface area contributed by atoms with Gasteiger partial charge in [0.1, 0.15) is 5.69 Å². The Morgan fingerprint density at radius 3 is 2.63 bits per heavy atom. The summed E-state index contributed by atoms with van der Waals surface area (Å²) in [5, 5.41) is 7.00. The van der Waals surface area contributed by atoms with Crippen molar-refractivity contribution in [1.29, 1.82) is 0 Å². The molecule has 27 heavy (non-hydrogen) atoms. The molecule has 0 saturated carbocycles. The minimum atomic E-state index is -0.181. The van der Waals surface area contributed by atoms with Crippen LogP contribution in [-0.4, -0.2) is 17.4 Å². The molecule has 0 unspecified atom stereocenters. The van der Waals surface area contributed by atoms with Crippen LogP contribution in [0.15, 0.2) is 66.9 Å². The van der Waals surface area contributed by atoms with Crippen molar-refractivity contribution in [2.24, 2.45) is 0 Å². The number of carbonyl (C=O) groups excluding carboxylic acids is 1. The van der Waals surface area contributed by atoms with E-state index in [1.54, 1.807) is 12.3 Å². The molecular formula is C22H22ClN3O. The lowest BCUT2D eigenvalue weighted by atomic mass is 10.1. The number of halogens is 1. The minimum absolute atomic E-state index is 0.181. The third-order valence-corrected chi connectivity index (χ3v) is 4.60. The first-order chi connectivity index (χ1) is 13.1. The van der Waals surface area contributed by atoms with Crippen molar-refractivity contribution < 1.29 is 4.79 Å². The number of nitrogens with one attached hydrogen (secondary N) is 2.